The minimum Gasteiger partial charge on any atom is -0.481 e. The molecule has 19 amide bonds. The van der Waals surface area contributed by atoms with Crippen LogP contribution in [0.4, 0.5) is 0 Å². The zero-order valence-corrected chi connectivity index (χ0v) is 83.6. The van der Waals surface area contributed by atoms with Crippen LogP contribution in [0.1, 0.15) is 213 Å². The molecule has 0 aliphatic carbocycles. The van der Waals surface area contributed by atoms with Gasteiger partial charge in [-0.1, -0.05) is 82.1 Å². The Morgan fingerprint density at radius 1 is 0.294 bits per heavy atom. The second-order valence-electron chi connectivity index (χ2n) is 35.8. The van der Waals surface area contributed by atoms with E-state index in [0.717, 1.165) is 6.92 Å². The van der Waals surface area contributed by atoms with E-state index in [1.165, 1.54) is 41.5 Å². The molecule has 0 aromatic heterocycles. The van der Waals surface area contributed by atoms with E-state index in [9.17, 15) is 136 Å². The van der Waals surface area contributed by atoms with Gasteiger partial charge in [0.25, 0.3) is 0 Å². The molecule has 0 unspecified atom stereocenters. The van der Waals surface area contributed by atoms with Crippen LogP contribution in [-0.4, -0.2) is 329 Å². The van der Waals surface area contributed by atoms with E-state index in [0.29, 0.717) is 19.3 Å². The Bertz CT molecular complexity index is 4320. The molecule has 0 aromatic rings. The van der Waals surface area contributed by atoms with E-state index < -0.39 is 320 Å². The van der Waals surface area contributed by atoms with Crippen LogP contribution >= 0.6 is 0 Å². The summed E-state index contributed by atoms with van der Waals surface area (Å²) in [4.78, 5) is 308. The first-order valence-electron chi connectivity index (χ1n) is 47.4. The van der Waals surface area contributed by atoms with Gasteiger partial charge in [0.05, 0.1) is 45.1 Å². The standard InChI is InChI=1S/C87H154N28O28/c1-15-44(9)67(114-78(135)54(26-22-32-96-87(93)94)108-77(134)53(24-18-20-30-89)109-79(136)56(34-42(5)6)106-62(119)38-98-69(126)46(11)100-75(132)55(27-28-63(120)121)105-61(118)39-99-73(130)50(90)33-41(3)4)84(141)103-48(13)71(128)107-52(23-17-19-29-88)74(131)102-49(14)72(129)113-66(43(7)8)83(140)111-57(35-64(122)123)80(137)112-59(40-116)82(139)101-47(12)70(127)97-37-60(117)104-51(25-21-31-95-86(91)92)76(133)110-58(36-65(124)125)81(138)115-68(85(142)143)45(10)16-2/h41-59,66-68,116H,15-40,88-90H2,1-14H3,(H,97,127)(H,98,126)(H,99,130)(H,100,132)(H,101,139)(H,102,131)(H,103,141)(H,104,117)(H,105,118)(H,106,119)(H,107,128)(H,108,134)(H,109,136)(H,110,133)(H,111,140)(H,112,137)(H,113,129)(H,114,135)(H,115,138)(H,120,121)(H,122,123)(H,124,125)(H,142,143)(H4,91,92,95)(H4,93,94,96)/t44-,45-,46-,47-,48-,49-,50-,51-,52-,53-,54-,55-,56-,57-,58-,59-,66-,67-,68-/m0/s1. The molecule has 38 N–H and O–H groups in total. The Labute approximate surface area is 828 Å². The molecule has 56 heteroatoms. The number of carbonyl (C=O) groups excluding carboxylic acids is 19. The zero-order valence-electron chi connectivity index (χ0n) is 83.6. The second kappa shape index (κ2) is 68.3. The minimum absolute atomic E-state index is 0.000413. The maximum atomic E-state index is 14.6. The monoisotopic (exact) mass is 2040 g/mol. The highest BCUT2D eigenvalue weighted by molar-refractivity contribution is 6.02. The molecule has 143 heavy (non-hydrogen) atoms. The van der Waals surface area contributed by atoms with Crippen molar-refractivity contribution in [1.29, 1.82) is 10.8 Å². The van der Waals surface area contributed by atoms with Crippen molar-refractivity contribution in [3.8, 4) is 0 Å². The largest absolute Gasteiger partial charge is 0.481 e. The lowest BCUT2D eigenvalue weighted by molar-refractivity contribution is -0.145. The van der Waals surface area contributed by atoms with Gasteiger partial charge in [-0.2, -0.15) is 0 Å². The molecule has 0 fully saturated rings. The Kier molecular flexibility index (Phi) is 61.7. The molecule has 0 saturated heterocycles. The van der Waals surface area contributed by atoms with Gasteiger partial charge >= 0.3 is 23.9 Å². The summed E-state index contributed by atoms with van der Waals surface area (Å²) in [5.41, 5.74) is 28.3. The maximum Gasteiger partial charge on any atom is 0.326 e. The SMILES string of the molecule is CC[C@H](C)[C@H](NC(=O)[C@H](CC(=O)O)NC(=O)[C@H](CCCNC(=N)N)NC(=O)CNC(=O)[C@H](C)NC(=O)[C@H](CO)NC(=O)[C@H](CC(=O)O)NC(=O)[C@@H](NC(=O)[C@H](C)NC(=O)[C@H](CCCCN)NC(=O)[C@H](C)NC(=O)[C@@H](NC(=O)[C@H](CCCNC(=N)N)NC(=O)[C@H](CCCCN)NC(=O)[C@H](CC(C)C)NC(=O)CNC(=O)[C@H](C)NC(=O)[C@H](CCC(=O)O)NC(=O)CNC(=O)[C@@H](N)CC(C)C)[C@@H](C)CC)C(C)C)C(=O)O. The van der Waals surface area contributed by atoms with E-state index in [1.54, 1.807) is 34.6 Å². The molecule has 0 spiro atoms. The number of unbranched alkanes of at least 4 members (excludes halogenated alkanes) is 2. The summed E-state index contributed by atoms with van der Waals surface area (Å²) in [7, 11) is 0. The van der Waals surface area contributed by atoms with Crippen LogP contribution in [0.15, 0.2) is 0 Å². The van der Waals surface area contributed by atoms with Crippen molar-refractivity contribution in [1.82, 2.24) is 112 Å². The highest BCUT2D eigenvalue weighted by Crippen LogP contribution is 2.16. The number of guanidine groups is 2. The number of carbonyl (C=O) groups is 23. The molecule has 56 nitrogen and oxygen atoms in total. The van der Waals surface area contributed by atoms with Gasteiger partial charge in [0.2, 0.25) is 112 Å². The van der Waals surface area contributed by atoms with Crippen molar-refractivity contribution in [2.75, 3.05) is 52.4 Å². The first-order chi connectivity index (χ1) is 66.9. The van der Waals surface area contributed by atoms with Crippen LogP contribution in [-0.2, 0) is 110 Å². The summed E-state index contributed by atoms with van der Waals surface area (Å²) >= 11 is 0. The third kappa shape index (κ3) is 53.0. The molecule has 0 aromatic carbocycles. The average molecular weight is 2040 g/mol. The third-order valence-electron chi connectivity index (χ3n) is 22.1. The lowest BCUT2D eigenvalue weighted by atomic mass is 9.97. The number of hydrogen-bond acceptors (Lipinski definition) is 29. The summed E-state index contributed by atoms with van der Waals surface area (Å²) in [6.07, 6.45) is -1.88. The fraction of sp³-hybridized carbons (Fsp3) is 0.713. The van der Waals surface area contributed by atoms with Gasteiger partial charge in [-0.25, -0.2) is 4.79 Å². The number of aliphatic hydroxyl groups excluding tert-OH is 1. The number of nitrogens with one attached hydrogen (secondary N) is 23. The molecule has 0 radical (unpaired) electrons. The van der Waals surface area contributed by atoms with E-state index in [4.69, 9.17) is 39.5 Å². The molecule has 0 aliphatic heterocycles. The number of carboxylic acid groups (broad SMARTS) is 4. The quantitative estimate of drug-likeness (QED) is 0.0153. The van der Waals surface area contributed by atoms with Crippen LogP contribution in [0.3, 0.4) is 0 Å². The lowest BCUT2D eigenvalue weighted by Gasteiger charge is -2.29. The van der Waals surface area contributed by atoms with Gasteiger partial charge in [0.1, 0.15) is 96.7 Å². The van der Waals surface area contributed by atoms with Crippen LogP contribution < -0.4 is 140 Å². The smallest absolute Gasteiger partial charge is 0.326 e. The van der Waals surface area contributed by atoms with E-state index in [-0.39, 0.29) is 109 Å². The Balaban J connectivity index is 6.66. The maximum absolute atomic E-state index is 14.6. The fourth-order valence-corrected chi connectivity index (χ4v) is 13.5. The van der Waals surface area contributed by atoms with Crippen molar-refractivity contribution < 1.29 is 136 Å². The molecule has 19 atom stereocenters. The number of aliphatic hydroxyl groups is 1. The highest BCUT2D eigenvalue weighted by atomic mass is 16.4. The molecule has 0 saturated carbocycles. The van der Waals surface area contributed by atoms with Gasteiger partial charge < -0.3 is 166 Å². The molecular formula is C87H154N28O28. The first kappa shape index (κ1) is 129. The van der Waals surface area contributed by atoms with Gasteiger partial charge in [-0.3, -0.25) is 116 Å². The molecule has 0 aliphatic rings. The van der Waals surface area contributed by atoms with Crippen LogP contribution in [0.2, 0.25) is 0 Å². The lowest BCUT2D eigenvalue weighted by Crippen LogP contribution is -2.61. The van der Waals surface area contributed by atoms with Crippen molar-refractivity contribution in [3.05, 3.63) is 0 Å². The number of nitrogens with two attached hydrogens (primary N) is 5. The van der Waals surface area contributed by atoms with E-state index in [2.05, 4.69) is 112 Å². The number of aliphatic carboxylic acids is 4. The van der Waals surface area contributed by atoms with Crippen molar-refractivity contribution in [2.45, 2.75) is 315 Å². The number of amides is 19. The first-order valence-corrected chi connectivity index (χ1v) is 47.4. The van der Waals surface area contributed by atoms with Crippen molar-refractivity contribution in [2.24, 2.45) is 58.3 Å². The summed E-state index contributed by atoms with van der Waals surface area (Å²) in [6.45, 7) is 17.9. The molecule has 810 valence electrons. The number of hydrogen-bond donors (Lipinski definition) is 33. The average Bonchev–Trinajstić information content (AvgIpc) is 0.845. The number of carboxylic acids is 4. The van der Waals surface area contributed by atoms with Crippen LogP contribution in [0.25, 0.3) is 0 Å². The fourth-order valence-electron chi connectivity index (χ4n) is 13.5. The van der Waals surface area contributed by atoms with Gasteiger partial charge in [0.15, 0.2) is 11.9 Å². The Hall–Kier alpha value is -13.8. The number of rotatable bonds is 72. The zero-order chi connectivity index (χ0) is 109. The molecular weight excluding hydrogens is 1890 g/mol. The van der Waals surface area contributed by atoms with Gasteiger partial charge in [0, 0.05) is 19.5 Å². The molecule has 0 rings (SSSR count). The third-order valence-corrected chi connectivity index (χ3v) is 22.1. The summed E-state index contributed by atoms with van der Waals surface area (Å²) < 4.78 is 0. The molecule has 0 heterocycles. The normalized spacial score (nSPS) is 15.1. The second-order valence-corrected chi connectivity index (χ2v) is 35.8. The van der Waals surface area contributed by atoms with Crippen molar-refractivity contribution in [3.63, 3.8) is 0 Å². The highest BCUT2D eigenvalue weighted by Gasteiger charge is 2.40. The van der Waals surface area contributed by atoms with E-state index in [1.807, 2.05) is 13.8 Å². The van der Waals surface area contributed by atoms with Crippen LogP contribution in [0, 0.1) is 40.4 Å². The molecule has 0 bridgehead atoms. The predicted octanol–water partition coefficient (Wildman–Crippen LogP) is -9.99. The summed E-state index contributed by atoms with van der Waals surface area (Å²) in [5, 5.41) is 114. The topological polar surface area (TPSA) is 924 Å². The summed E-state index contributed by atoms with van der Waals surface area (Å²) in [6, 6.07) is -26.2. The minimum atomic E-state index is -2.06. The van der Waals surface area contributed by atoms with Crippen molar-refractivity contribution >= 4 is 148 Å². The van der Waals surface area contributed by atoms with E-state index >= 15 is 0 Å². The van der Waals surface area contributed by atoms with Crippen LogP contribution in [0.5, 0.6) is 0 Å². The Morgan fingerprint density at radius 2 is 0.587 bits per heavy atom. The predicted molar refractivity (Wildman–Crippen MR) is 513 cm³/mol. The summed E-state index contributed by atoms with van der Waals surface area (Å²) in [5.74, 6) is -28.6. The van der Waals surface area contributed by atoms with Gasteiger partial charge in [-0.15, -0.1) is 0 Å². The Morgan fingerprint density at radius 3 is 0.972 bits per heavy atom. The van der Waals surface area contributed by atoms with Gasteiger partial charge in [-0.05, 0) is 154 Å².